The average molecular weight is 442 g/mol. The van der Waals surface area contributed by atoms with Crippen molar-refractivity contribution >= 4 is 5.69 Å². The minimum atomic E-state index is -0.400. The van der Waals surface area contributed by atoms with Gasteiger partial charge in [-0.15, -0.1) is 0 Å². The largest absolute Gasteiger partial charge is 0.496 e. The number of halogens is 1. The van der Waals surface area contributed by atoms with Crippen LogP contribution in [0.1, 0.15) is 22.3 Å². The Hall–Kier alpha value is -3.79. The number of ether oxygens (including phenoxy) is 2. The molecule has 4 aromatic carbocycles. The number of anilines is 1. The fourth-order valence-corrected chi connectivity index (χ4v) is 4.32. The second-order valence-electron chi connectivity index (χ2n) is 8.20. The third-order valence-corrected chi connectivity index (χ3v) is 6.12. The van der Waals surface area contributed by atoms with Crippen molar-refractivity contribution in [1.82, 2.24) is 0 Å². The lowest BCUT2D eigenvalue weighted by Gasteiger charge is -2.22. The first-order valence-electron chi connectivity index (χ1n) is 10.9. The van der Waals surface area contributed by atoms with Gasteiger partial charge in [-0.1, -0.05) is 48.5 Å². The highest BCUT2D eigenvalue weighted by Gasteiger charge is 2.21. The molecule has 0 saturated carbocycles. The van der Waals surface area contributed by atoms with Crippen LogP contribution in [0.3, 0.4) is 0 Å². The van der Waals surface area contributed by atoms with Gasteiger partial charge >= 0.3 is 0 Å². The van der Waals surface area contributed by atoms with Crippen molar-refractivity contribution < 1.29 is 13.9 Å². The zero-order valence-electron chi connectivity index (χ0n) is 19.4. The van der Waals surface area contributed by atoms with E-state index in [2.05, 4.69) is 6.92 Å². The van der Waals surface area contributed by atoms with E-state index in [9.17, 15) is 0 Å². The Balaban J connectivity index is 1.74. The van der Waals surface area contributed by atoms with Crippen LogP contribution >= 0.6 is 0 Å². The zero-order chi connectivity index (χ0) is 23.5. The van der Waals surface area contributed by atoms with Crippen LogP contribution in [0.5, 0.6) is 11.5 Å². The molecule has 4 heteroatoms. The highest BCUT2D eigenvalue weighted by Crippen LogP contribution is 2.44. The summed E-state index contributed by atoms with van der Waals surface area (Å²) in [6, 6.07) is 22.6. The molecule has 4 rings (SSSR count). The highest BCUT2D eigenvalue weighted by molar-refractivity contribution is 5.85. The lowest BCUT2D eigenvalue weighted by atomic mass is 9.86. The van der Waals surface area contributed by atoms with Gasteiger partial charge in [0.15, 0.2) is 11.6 Å². The number of hydrogen-bond acceptors (Lipinski definition) is 3. The predicted molar refractivity (Wildman–Crippen MR) is 133 cm³/mol. The molecule has 0 atom stereocenters. The molecule has 0 aliphatic heterocycles. The van der Waals surface area contributed by atoms with Gasteiger partial charge in [0, 0.05) is 11.3 Å². The standard InChI is InChI=1S/C29H28FNO2/c1-18-19(2)28(29(32-4)20(3)27(18)22-10-13-24(31)14-11-22)23-12-15-26(25(30)16-23)33-17-21-8-6-5-7-9-21/h5-16H,17,31H2,1-4H3. The van der Waals surface area contributed by atoms with Crippen molar-refractivity contribution in [3.63, 3.8) is 0 Å². The quantitative estimate of drug-likeness (QED) is 0.320. The number of nitrogen functional groups attached to an aromatic ring is 1. The van der Waals surface area contributed by atoms with Crippen LogP contribution in [0.4, 0.5) is 10.1 Å². The number of rotatable bonds is 6. The van der Waals surface area contributed by atoms with Crippen LogP contribution in [-0.2, 0) is 6.61 Å². The molecule has 0 aliphatic carbocycles. The van der Waals surface area contributed by atoms with Gasteiger partial charge in [0.25, 0.3) is 0 Å². The first-order chi connectivity index (χ1) is 15.9. The summed E-state index contributed by atoms with van der Waals surface area (Å²) in [5.74, 6) is 0.566. The molecule has 0 saturated heterocycles. The van der Waals surface area contributed by atoms with Gasteiger partial charge in [0.1, 0.15) is 12.4 Å². The van der Waals surface area contributed by atoms with Crippen molar-refractivity contribution in [2.75, 3.05) is 12.8 Å². The van der Waals surface area contributed by atoms with Crippen LogP contribution in [0.15, 0.2) is 72.8 Å². The topological polar surface area (TPSA) is 44.5 Å². The molecule has 33 heavy (non-hydrogen) atoms. The maximum atomic E-state index is 15.0. The Morgan fingerprint density at radius 1 is 0.758 bits per heavy atom. The van der Waals surface area contributed by atoms with Crippen LogP contribution in [-0.4, -0.2) is 7.11 Å². The Labute approximate surface area is 194 Å². The summed E-state index contributed by atoms with van der Waals surface area (Å²) in [4.78, 5) is 0. The van der Waals surface area contributed by atoms with Gasteiger partial charge in [0.2, 0.25) is 0 Å². The highest BCUT2D eigenvalue weighted by atomic mass is 19.1. The van der Waals surface area contributed by atoms with Crippen molar-refractivity contribution in [2.24, 2.45) is 0 Å². The Morgan fingerprint density at radius 2 is 1.39 bits per heavy atom. The molecule has 2 N–H and O–H groups in total. The molecule has 0 spiro atoms. The van der Waals surface area contributed by atoms with E-state index in [1.165, 1.54) is 6.07 Å². The molecule has 4 aromatic rings. The minimum Gasteiger partial charge on any atom is -0.496 e. The van der Waals surface area contributed by atoms with Crippen molar-refractivity contribution in [3.8, 4) is 33.8 Å². The van der Waals surface area contributed by atoms with E-state index in [4.69, 9.17) is 15.2 Å². The lowest BCUT2D eigenvalue weighted by molar-refractivity contribution is 0.290. The van der Waals surface area contributed by atoms with Gasteiger partial charge in [-0.2, -0.15) is 0 Å². The van der Waals surface area contributed by atoms with Crippen LogP contribution in [0.25, 0.3) is 22.3 Å². The molecule has 168 valence electrons. The van der Waals surface area contributed by atoms with E-state index in [1.807, 2.05) is 74.5 Å². The van der Waals surface area contributed by atoms with E-state index in [0.717, 1.165) is 55.9 Å². The Bertz CT molecular complexity index is 1280. The van der Waals surface area contributed by atoms with E-state index in [0.29, 0.717) is 6.61 Å². The second-order valence-corrected chi connectivity index (χ2v) is 8.20. The lowest BCUT2D eigenvalue weighted by Crippen LogP contribution is -2.02. The molecule has 0 radical (unpaired) electrons. The summed E-state index contributed by atoms with van der Waals surface area (Å²) in [7, 11) is 1.65. The molecular weight excluding hydrogens is 413 g/mol. The summed E-state index contributed by atoms with van der Waals surface area (Å²) >= 11 is 0. The normalized spacial score (nSPS) is 10.8. The van der Waals surface area contributed by atoms with Gasteiger partial charge in [0.05, 0.1) is 7.11 Å². The SMILES string of the molecule is COc1c(C)c(-c2ccc(N)cc2)c(C)c(C)c1-c1ccc(OCc2ccccc2)c(F)c1. The van der Waals surface area contributed by atoms with Crippen LogP contribution in [0, 0.1) is 26.6 Å². The maximum Gasteiger partial charge on any atom is 0.165 e. The number of nitrogens with two attached hydrogens (primary N) is 1. The first-order valence-corrected chi connectivity index (χ1v) is 10.9. The fourth-order valence-electron chi connectivity index (χ4n) is 4.32. The summed E-state index contributed by atoms with van der Waals surface area (Å²) in [5.41, 5.74) is 14.6. The van der Waals surface area contributed by atoms with E-state index in [-0.39, 0.29) is 5.75 Å². The van der Waals surface area contributed by atoms with E-state index in [1.54, 1.807) is 13.2 Å². The molecule has 0 amide bonds. The zero-order valence-corrected chi connectivity index (χ0v) is 19.4. The molecule has 0 fully saturated rings. The molecule has 0 bridgehead atoms. The van der Waals surface area contributed by atoms with Crippen LogP contribution < -0.4 is 15.2 Å². The Morgan fingerprint density at radius 3 is 2.03 bits per heavy atom. The van der Waals surface area contributed by atoms with Gasteiger partial charge in [-0.3, -0.25) is 0 Å². The van der Waals surface area contributed by atoms with E-state index >= 15 is 4.39 Å². The van der Waals surface area contributed by atoms with Crippen molar-refractivity contribution in [3.05, 3.63) is 101 Å². The first kappa shape index (κ1) is 22.4. The van der Waals surface area contributed by atoms with Crippen molar-refractivity contribution in [1.29, 1.82) is 0 Å². The number of methoxy groups -OCH3 is 1. The molecular formula is C29H28FNO2. The molecule has 3 nitrogen and oxygen atoms in total. The summed E-state index contributed by atoms with van der Waals surface area (Å²) < 4.78 is 26.6. The monoisotopic (exact) mass is 441 g/mol. The molecule has 0 aliphatic rings. The van der Waals surface area contributed by atoms with E-state index < -0.39 is 5.82 Å². The maximum absolute atomic E-state index is 15.0. The second kappa shape index (κ2) is 9.37. The summed E-state index contributed by atoms with van der Waals surface area (Å²) in [5, 5.41) is 0. The molecule has 0 unspecified atom stereocenters. The molecule has 0 aromatic heterocycles. The van der Waals surface area contributed by atoms with Gasteiger partial charge in [-0.05, 0) is 84.0 Å². The van der Waals surface area contributed by atoms with Crippen LogP contribution in [0.2, 0.25) is 0 Å². The van der Waals surface area contributed by atoms with Gasteiger partial charge in [-0.25, -0.2) is 4.39 Å². The fraction of sp³-hybridized carbons (Fsp3) is 0.172. The summed E-state index contributed by atoms with van der Waals surface area (Å²) in [6.45, 7) is 6.48. The number of benzene rings is 4. The third-order valence-electron chi connectivity index (χ3n) is 6.12. The number of hydrogen-bond donors (Lipinski definition) is 1. The average Bonchev–Trinajstić information content (AvgIpc) is 2.82. The van der Waals surface area contributed by atoms with Crippen molar-refractivity contribution in [2.45, 2.75) is 27.4 Å². The third kappa shape index (κ3) is 4.42. The Kier molecular flexibility index (Phi) is 6.36. The minimum absolute atomic E-state index is 0.228. The smallest absolute Gasteiger partial charge is 0.165 e. The molecule has 0 heterocycles. The summed E-state index contributed by atoms with van der Waals surface area (Å²) in [6.07, 6.45) is 0. The predicted octanol–water partition coefficient (Wildman–Crippen LogP) is 7.25. The van der Waals surface area contributed by atoms with Gasteiger partial charge < -0.3 is 15.2 Å².